The lowest BCUT2D eigenvalue weighted by Crippen LogP contribution is -2.25. The summed E-state index contributed by atoms with van der Waals surface area (Å²) >= 11 is 0.697. The largest absolute Gasteiger partial charge is 0.379 e. The summed E-state index contributed by atoms with van der Waals surface area (Å²) in [5.74, 6) is 0. The van der Waals surface area contributed by atoms with Gasteiger partial charge in [-0.05, 0) is 27.2 Å². The fourth-order valence-corrected chi connectivity index (χ4v) is 3.73. The molecule has 1 heterocycles. The third-order valence-corrected chi connectivity index (χ3v) is 5.16. The molecular formula is C10H18N2O4S2. The van der Waals surface area contributed by atoms with Gasteiger partial charge in [-0.25, -0.2) is 13.1 Å². The van der Waals surface area contributed by atoms with Gasteiger partial charge in [0.1, 0.15) is 0 Å². The van der Waals surface area contributed by atoms with Crippen molar-refractivity contribution in [3.63, 3.8) is 0 Å². The van der Waals surface area contributed by atoms with Gasteiger partial charge in [-0.3, -0.25) is 4.79 Å². The zero-order valence-corrected chi connectivity index (χ0v) is 12.3. The minimum absolute atomic E-state index is 0.0530. The van der Waals surface area contributed by atoms with E-state index in [1.165, 1.54) is 0 Å². The van der Waals surface area contributed by atoms with E-state index in [1.54, 1.807) is 6.92 Å². The van der Waals surface area contributed by atoms with Gasteiger partial charge in [-0.2, -0.15) is 0 Å². The van der Waals surface area contributed by atoms with Crippen molar-refractivity contribution in [3.05, 3.63) is 15.4 Å². The first-order valence-electron chi connectivity index (χ1n) is 5.64. The normalized spacial score (nSPS) is 12.2. The van der Waals surface area contributed by atoms with Crippen molar-refractivity contribution in [3.8, 4) is 0 Å². The molecule has 0 aliphatic carbocycles. The molecule has 0 spiro atoms. The zero-order valence-electron chi connectivity index (χ0n) is 10.6. The summed E-state index contributed by atoms with van der Waals surface area (Å²) in [6.45, 7) is 6.20. The third kappa shape index (κ3) is 4.52. The lowest BCUT2D eigenvalue weighted by Gasteiger charge is -2.08. The molecule has 0 saturated carbocycles. The number of ether oxygens (including phenoxy) is 1. The Hall–Kier alpha value is -0.700. The predicted octanol–water partition coefficient (Wildman–Crippen LogP) is 0.838. The summed E-state index contributed by atoms with van der Waals surface area (Å²) in [6.07, 6.45) is 0.731. The van der Waals surface area contributed by atoms with Gasteiger partial charge in [0.2, 0.25) is 0 Å². The highest BCUT2D eigenvalue weighted by molar-refractivity contribution is 7.91. The molecule has 0 radical (unpaired) electrons. The molecule has 1 aromatic rings. The first-order chi connectivity index (χ1) is 8.33. The fourth-order valence-electron chi connectivity index (χ4n) is 1.31. The van der Waals surface area contributed by atoms with E-state index in [0.29, 0.717) is 36.6 Å². The lowest BCUT2D eigenvalue weighted by atomic mass is 10.4. The number of thiazole rings is 1. The van der Waals surface area contributed by atoms with Crippen molar-refractivity contribution < 1.29 is 13.2 Å². The minimum Gasteiger partial charge on any atom is -0.379 e. The number of hydrogen-bond acceptors (Lipinski definition) is 5. The standard InChI is InChI=1S/C10H18N2O4S2/c1-7(2)16-6-4-5-11-18(14,15)9-8(3)12-10(13)17-9/h7,11H,4-6H2,1-3H3,(H,12,13). The maximum absolute atomic E-state index is 11.9. The monoisotopic (exact) mass is 294 g/mol. The Morgan fingerprint density at radius 2 is 2.11 bits per heavy atom. The molecule has 0 aromatic carbocycles. The lowest BCUT2D eigenvalue weighted by molar-refractivity contribution is 0.0778. The molecule has 8 heteroatoms. The van der Waals surface area contributed by atoms with E-state index < -0.39 is 10.0 Å². The van der Waals surface area contributed by atoms with Gasteiger partial charge in [0.25, 0.3) is 10.0 Å². The van der Waals surface area contributed by atoms with Crippen LogP contribution in [0.2, 0.25) is 0 Å². The third-order valence-electron chi connectivity index (χ3n) is 2.09. The number of H-pyrrole nitrogens is 1. The van der Waals surface area contributed by atoms with E-state index in [2.05, 4.69) is 9.71 Å². The van der Waals surface area contributed by atoms with E-state index >= 15 is 0 Å². The van der Waals surface area contributed by atoms with Gasteiger partial charge >= 0.3 is 4.87 Å². The fraction of sp³-hybridized carbons (Fsp3) is 0.700. The molecule has 0 atom stereocenters. The number of aryl methyl sites for hydroxylation is 1. The number of sulfonamides is 1. The Kier molecular flexibility index (Phi) is 5.51. The van der Waals surface area contributed by atoms with Crippen molar-refractivity contribution in [2.45, 2.75) is 37.5 Å². The summed E-state index contributed by atoms with van der Waals surface area (Å²) in [6, 6.07) is 0. The van der Waals surface area contributed by atoms with Crippen molar-refractivity contribution >= 4 is 21.4 Å². The molecule has 104 valence electrons. The SMILES string of the molecule is Cc1[nH]c(=O)sc1S(=O)(=O)NCCCOC(C)C. The first-order valence-corrected chi connectivity index (χ1v) is 7.94. The molecule has 0 aliphatic rings. The van der Waals surface area contributed by atoms with Gasteiger partial charge < -0.3 is 9.72 Å². The summed E-state index contributed by atoms with van der Waals surface area (Å²) in [4.78, 5) is 13.1. The van der Waals surface area contributed by atoms with Gasteiger partial charge in [0.05, 0.1) is 6.10 Å². The van der Waals surface area contributed by atoms with Crippen molar-refractivity contribution in [1.29, 1.82) is 0 Å². The molecule has 0 unspecified atom stereocenters. The molecule has 0 aliphatic heterocycles. The maximum Gasteiger partial charge on any atom is 0.305 e. The molecule has 2 N–H and O–H groups in total. The maximum atomic E-state index is 11.9. The highest BCUT2D eigenvalue weighted by Gasteiger charge is 2.19. The molecule has 6 nitrogen and oxygen atoms in total. The van der Waals surface area contributed by atoms with Crippen LogP contribution in [0.1, 0.15) is 26.0 Å². The topological polar surface area (TPSA) is 88.3 Å². The number of aromatic nitrogens is 1. The Labute approximate surface area is 110 Å². The van der Waals surface area contributed by atoms with E-state index in [4.69, 9.17) is 4.74 Å². The van der Waals surface area contributed by atoms with E-state index in [-0.39, 0.29) is 15.2 Å². The second-order valence-corrected chi connectivity index (χ2v) is 7.04. The second-order valence-electron chi connectivity index (χ2n) is 4.10. The average molecular weight is 294 g/mol. The Bertz CT molecular complexity index is 530. The van der Waals surface area contributed by atoms with Crippen LogP contribution < -0.4 is 9.60 Å². The Balaban J connectivity index is 2.51. The molecular weight excluding hydrogens is 276 g/mol. The molecule has 0 fully saturated rings. The highest BCUT2D eigenvalue weighted by atomic mass is 32.2. The van der Waals surface area contributed by atoms with Gasteiger partial charge in [0, 0.05) is 18.8 Å². The predicted molar refractivity (Wildman–Crippen MR) is 70.6 cm³/mol. The molecule has 1 aromatic heterocycles. The van der Waals surface area contributed by atoms with Crippen LogP contribution in [-0.4, -0.2) is 32.7 Å². The second kappa shape index (κ2) is 6.46. The van der Waals surface area contributed by atoms with E-state index in [0.717, 1.165) is 0 Å². The summed E-state index contributed by atoms with van der Waals surface area (Å²) < 4.78 is 31.5. The van der Waals surface area contributed by atoms with E-state index in [1.807, 2.05) is 13.8 Å². The van der Waals surface area contributed by atoms with Gasteiger partial charge in [0.15, 0.2) is 4.21 Å². The van der Waals surface area contributed by atoms with E-state index in [9.17, 15) is 13.2 Å². The van der Waals surface area contributed by atoms with Crippen LogP contribution >= 0.6 is 11.3 Å². The average Bonchev–Trinajstić information content (AvgIpc) is 2.57. The Morgan fingerprint density at radius 3 is 2.61 bits per heavy atom. The summed E-state index contributed by atoms with van der Waals surface area (Å²) in [5.41, 5.74) is 0.371. The van der Waals surface area contributed by atoms with Crippen LogP contribution in [0.25, 0.3) is 0 Å². The molecule has 0 saturated heterocycles. The number of rotatable bonds is 7. The quantitative estimate of drug-likeness (QED) is 0.729. The van der Waals surface area contributed by atoms with Crippen molar-refractivity contribution in [2.24, 2.45) is 0 Å². The minimum atomic E-state index is -3.59. The van der Waals surface area contributed by atoms with Crippen LogP contribution in [0.4, 0.5) is 0 Å². The number of nitrogens with one attached hydrogen (secondary N) is 2. The van der Waals surface area contributed by atoms with Gasteiger partial charge in [-0.1, -0.05) is 11.3 Å². The highest BCUT2D eigenvalue weighted by Crippen LogP contribution is 2.15. The van der Waals surface area contributed by atoms with Crippen LogP contribution in [-0.2, 0) is 14.8 Å². The molecule has 0 bridgehead atoms. The zero-order chi connectivity index (χ0) is 13.8. The van der Waals surface area contributed by atoms with Gasteiger partial charge in [-0.15, -0.1) is 0 Å². The van der Waals surface area contributed by atoms with Crippen LogP contribution in [0, 0.1) is 6.92 Å². The number of aromatic amines is 1. The summed E-state index contributed by atoms with van der Waals surface area (Å²) in [7, 11) is -3.59. The molecule has 18 heavy (non-hydrogen) atoms. The first kappa shape index (κ1) is 15.4. The number of hydrogen-bond donors (Lipinski definition) is 2. The molecule has 1 rings (SSSR count). The van der Waals surface area contributed by atoms with Crippen molar-refractivity contribution in [1.82, 2.24) is 9.71 Å². The van der Waals surface area contributed by atoms with Crippen LogP contribution in [0.15, 0.2) is 9.00 Å². The molecule has 0 amide bonds. The van der Waals surface area contributed by atoms with Crippen molar-refractivity contribution in [2.75, 3.05) is 13.2 Å². The van der Waals surface area contributed by atoms with Crippen LogP contribution in [0.5, 0.6) is 0 Å². The Morgan fingerprint density at radius 1 is 1.44 bits per heavy atom. The van der Waals surface area contributed by atoms with Crippen LogP contribution in [0.3, 0.4) is 0 Å². The summed E-state index contributed by atoms with van der Waals surface area (Å²) in [5, 5.41) is 0. The smallest absolute Gasteiger partial charge is 0.305 e.